The van der Waals surface area contributed by atoms with Gasteiger partial charge in [-0.15, -0.1) is 11.6 Å². The van der Waals surface area contributed by atoms with Crippen LogP contribution >= 0.6 is 11.6 Å². The maximum Gasteiger partial charge on any atom is 0.128 e. The third-order valence-electron chi connectivity index (χ3n) is 4.21. The van der Waals surface area contributed by atoms with Crippen molar-refractivity contribution in [3.63, 3.8) is 0 Å². The van der Waals surface area contributed by atoms with E-state index in [1.807, 2.05) is 19.1 Å². The Morgan fingerprint density at radius 3 is 2.68 bits per heavy atom. The number of nitrogens with zero attached hydrogens (tertiary/aromatic N) is 2. The first kappa shape index (κ1) is 12.8. The van der Waals surface area contributed by atoms with E-state index in [4.69, 9.17) is 21.3 Å². The summed E-state index contributed by atoms with van der Waals surface area (Å²) in [5.41, 5.74) is 2.28. The predicted molar refractivity (Wildman–Crippen MR) is 78.1 cm³/mol. The normalized spacial score (nSPS) is 19.2. The zero-order chi connectivity index (χ0) is 13.6. The average Bonchev–Trinajstić information content (AvgIpc) is 2.74. The minimum absolute atomic E-state index is 0.0872. The standard InChI is InChI=1S/C15H19ClN2O/c1-10(16)14-17-12-6-5-11(19-3)9-13(12)18(14)15(2)7-4-8-15/h5-6,9-10H,4,7-8H2,1-3H3. The van der Waals surface area contributed by atoms with Crippen molar-refractivity contribution in [3.05, 3.63) is 24.0 Å². The van der Waals surface area contributed by atoms with Crippen LogP contribution in [-0.2, 0) is 5.54 Å². The zero-order valence-corrected chi connectivity index (χ0v) is 12.4. The number of benzene rings is 1. The van der Waals surface area contributed by atoms with E-state index in [1.165, 1.54) is 19.3 Å². The molecule has 1 aromatic heterocycles. The van der Waals surface area contributed by atoms with Gasteiger partial charge in [-0.2, -0.15) is 0 Å². The molecule has 1 aliphatic carbocycles. The van der Waals surface area contributed by atoms with Crippen LogP contribution < -0.4 is 4.74 Å². The van der Waals surface area contributed by atoms with Gasteiger partial charge in [0.1, 0.15) is 11.6 Å². The van der Waals surface area contributed by atoms with Crippen molar-refractivity contribution in [1.82, 2.24) is 9.55 Å². The molecule has 19 heavy (non-hydrogen) atoms. The predicted octanol–water partition coefficient (Wildman–Crippen LogP) is 4.24. The van der Waals surface area contributed by atoms with Crippen molar-refractivity contribution in [2.45, 2.75) is 44.0 Å². The Kier molecular flexibility index (Phi) is 2.97. The summed E-state index contributed by atoms with van der Waals surface area (Å²) in [6, 6.07) is 6.02. The lowest BCUT2D eigenvalue weighted by Gasteiger charge is -2.41. The van der Waals surface area contributed by atoms with Crippen LogP contribution in [0.2, 0.25) is 0 Å². The van der Waals surface area contributed by atoms with Gasteiger partial charge >= 0.3 is 0 Å². The third-order valence-corrected chi connectivity index (χ3v) is 4.41. The Bertz CT molecular complexity index is 614. The Hall–Kier alpha value is -1.22. The fraction of sp³-hybridized carbons (Fsp3) is 0.533. The summed E-state index contributed by atoms with van der Waals surface area (Å²) >= 11 is 6.33. The molecule has 1 aliphatic rings. The Morgan fingerprint density at radius 2 is 2.16 bits per heavy atom. The highest BCUT2D eigenvalue weighted by molar-refractivity contribution is 6.20. The van der Waals surface area contributed by atoms with Crippen molar-refractivity contribution in [2.24, 2.45) is 0 Å². The molecule has 0 bridgehead atoms. The van der Waals surface area contributed by atoms with E-state index in [0.717, 1.165) is 22.6 Å². The van der Waals surface area contributed by atoms with E-state index in [1.54, 1.807) is 7.11 Å². The summed E-state index contributed by atoms with van der Waals surface area (Å²) in [6.45, 7) is 4.28. The molecule has 1 aromatic carbocycles. The summed E-state index contributed by atoms with van der Waals surface area (Å²) in [6.07, 6.45) is 3.65. The summed E-state index contributed by atoms with van der Waals surface area (Å²) in [7, 11) is 1.69. The topological polar surface area (TPSA) is 27.1 Å². The summed E-state index contributed by atoms with van der Waals surface area (Å²) in [5.74, 6) is 1.83. The quantitative estimate of drug-likeness (QED) is 0.785. The van der Waals surface area contributed by atoms with Crippen LogP contribution in [0.4, 0.5) is 0 Å². The lowest BCUT2D eigenvalue weighted by atomic mass is 9.78. The highest BCUT2D eigenvalue weighted by Gasteiger charge is 2.37. The maximum atomic E-state index is 6.33. The number of fused-ring (bicyclic) bond motifs is 1. The molecule has 1 heterocycles. The van der Waals surface area contributed by atoms with Gasteiger partial charge < -0.3 is 9.30 Å². The molecule has 0 saturated heterocycles. The molecule has 0 aliphatic heterocycles. The lowest BCUT2D eigenvalue weighted by molar-refractivity contribution is 0.169. The van der Waals surface area contributed by atoms with Crippen LogP contribution in [0.3, 0.4) is 0 Å². The van der Waals surface area contributed by atoms with Gasteiger partial charge in [-0.25, -0.2) is 4.98 Å². The molecular formula is C15H19ClN2O. The monoisotopic (exact) mass is 278 g/mol. The fourth-order valence-electron chi connectivity index (χ4n) is 2.95. The van der Waals surface area contributed by atoms with Crippen LogP contribution in [0, 0.1) is 0 Å². The van der Waals surface area contributed by atoms with Crippen molar-refractivity contribution in [3.8, 4) is 5.75 Å². The molecule has 0 spiro atoms. The van der Waals surface area contributed by atoms with Gasteiger partial charge in [0.05, 0.1) is 23.5 Å². The number of methoxy groups -OCH3 is 1. The summed E-state index contributed by atoms with van der Waals surface area (Å²) in [4.78, 5) is 4.71. The molecule has 0 N–H and O–H groups in total. The third kappa shape index (κ3) is 1.91. The first-order valence-corrected chi connectivity index (χ1v) is 7.20. The van der Waals surface area contributed by atoms with E-state index >= 15 is 0 Å². The first-order valence-electron chi connectivity index (χ1n) is 6.76. The lowest BCUT2D eigenvalue weighted by Crippen LogP contribution is -2.38. The van der Waals surface area contributed by atoms with Gasteiger partial charge in [0.2, 0.25) is 0 Å². The largest absolute Gasteiger partial charge is 0.497 e. The average molecular weight is 279 g/mol. The van der Waals surface area contributed by atoms with Gasteiger partial charge in [-0.05, 0) is 45.2 Å². The summed E-state index contributed by atoms with van der Waals surface area (Å²) in [5, 5.41) is -0.0872. The second kappa shape index (κ2) is 4.41. The number of hydrogen-bond acceptors (Lipinski definition) is 2. The zero-order valence-electron chi connectivity index (χ0n) is 11.6. The Morgan fingerprint density at radius 1 is 1.42 bits per heavy atom. The van der Waals surface area contributed by atoms with Gasteiger partial charge in [0, 0.05) is 11.6 Å². The molecule has 4 heteroatoms. The minimum atomic E-state index is -0.0872. The molecule has 3 nitrogen and oxygen atoms in total. The van der Waals surface area contributed by atoms with Crippen LogP contribution in [0.15, 0.2) is 18.2 Å². The molecule has 1 unspecified atom stereocenters. The number of alkyl halides is 1. The molecule has 3 rings (SSSR count). The summed E-state index contributed by atoms with van der Waals surface area (Å²) < 4.78 is 7.66. The second-order valence-electron chi connectivity index (χ2n) is 5.63. The van der Waals surface area contributed by atoms with Crippen LogP contribution in [0.5, 0.6) is 5.75 Å². The van der Waals surface area contributed by atoms with Crippen molar-refractivity contribution in [1.29, 1.82) is 0 Å². The number of rotatable bonds is 3. The molecule has 1 saturated carbocycles. The Labute approximate surface area is 118 Å². The minimum Gasteiger partial charge on any atom is -0.497 e. The SMILES string of the molecule is COc1ccc2nc(C(C)Cl)n(C3(C)CCC3)c2c1. The highest BCUT2D eigenvalue weighted by Crippen LogP contribution is 2.43. The van der Waals surface area contributed by atoms with Gasteiger partial charge in [0.15, 0.2) is 0 Å². The number of halogens is 1. The molecule has 1 atom stereocenters. The highest BCUT2D eigenvalue weighted by atomic mass is 35.5. The fourth-order valence-corrected chi connectivity index (χ4v) is 3.09. The van der Waals surface area contributed by atoms with E-state index in [9.17, 15) is 0 Å². The van der Waals surface area contributed by atoms with Crippen LogP contribution in [0.25, 0.3) is 11.0 Å². The maximum absolute atomic E-state index is 6.33. The Balaban J connectivity index is 2.27. The second-order valence-corrected chi connectivity index (χ2v) is 6.28. The van der Waals surface area contributed by atoms with E-state index in [2.05, 4.69) is 17.6 Å². The van der Waals surface area contributed by atoms with Crippen LogP contribution in [-0.4, -0.2) is 16.7 Å². The van der Waals surface area contributed by atoms with Crippen LogP contribution in [0.1, 0.15) is 44.3 Å². The molecule has 1 fully saturated rings. The molecule has 0 radical (unpaired) electrons. The number of imidazole rings is 1. The molecular weight excluding hydrogens is 260 g/mol. The molecule has 0 amide bonds. The van der Waals surface area contributed by atoms with Gasteiger partial charge in [-0.1, -0.05) is 0 Å². The van der Waals surface area contributed by atoms with Gasteiger partial charge in [0.25, 0.3) is 0 Å². The van der Waals surface area contributed by atoms with Crippen molar-refractivity contribution in [2.75, 3.05) is 7.11 Å². The van der Waals surface area contributed by atoms with E-state index in [0.29, 0.717) is 0 Å². The first-order chi connectivity index (χ1) is 9.05. The van der Waals surface area contributed by atoms with Crippen molar-refractivity contribution < 1.29 is 4.74 Å². The smallest absolute Gasteiger partial charge is 0.128 e. The van der Waals surface area contributed by atoms with E-state index < -0.39 is 0 Å². The number of hydrogen-bond donors (Lipinski definition) is 0. The number of ether oxygens (including phenoxy) is 1. The van der Waals surface area contributed by atoms with Crippen molar-refractivity contribution >= 4 is 22.6 Å². The molecule has 102 valence electrons. The van der Waals surface area contributed by atoms with Gasteiger partial charge in [-0.3, -0.25) is 0 Å². The molecule has 2 aromatic rings. The number of aromatic nitrogens is 2. The van der Waals surface area contributed by atoms with E-state index in [-0.39, 0.29) is 10.9 Å².